The average molecular weight is 399 g/mol. The van der Waals surface area contributed by atoms with E-state index >= 15 is 0 Å². The number of ether oxygens (including phenoxy) is 1. The third-order valence-electron chi connectivity index (χ3n) is 4.75. The molecule has 2 amide bonds. The van der Waals surface area contributed by atoms with Crippen LogP contribution in [-0.2, 0) is 9.53 Å². The van der Waals surface area contributed by atoms with Crippen molar-refractivity contribution in [2.24, 2.45) is 16.8 Å². The molecule has 3 rings (SSSR count). The van der Waals surface area contributed by atoms with E-state index in [9.17, 15) is 18.4 Å². The van der Waals surface area contributed by atoms with Gasteiger partial charge in [0.2, 0.25) is 0 Å². The van der Waals surface area contributed by atoms with E-state index in [0.717, 1.165) is 11.1 Å². The fraction of sp³-hybridized carbons (Fsp3) is 0.190. The molecule has 2 unspecified atom stereocenters. The minimum atomic E-state index is -0.887. The minimum Gasteiger partial charge on any atom is -0.468 e. The second kappa shape index (κ2) is 8.64. The van der Waals surface area contributed by atoms with Gasteiger partial charge < -0.3 is 10.5 Å². The number of hydrogen-bond acceptors (Lipinski definition) is 4. The molecule has 0 bridgehead atoms. The van der Waals surface area contributed by atoms with Gasteiger partial charge in [0.05, 0.1) is 12.8 Å². The summed E-state index contributed by atoms with van der Waals surface area (Å²) in [6.07, 6.45) is 2.04. The van der Waals surface area contributed by atoms with Crippen molar-refractivity contribution in [1.29, 1.82) is 0 Å². The number of methoxy groups -OCH3 is 1. The summed E-state index contributed by atoms with van der Waals surface area (Å²) in [5.41, 5.74) is 9.68. The van der Waals surface area contributed by atoms with Crippen LogP contribution in [0.2, 0.25) is 0 Å². The van der Waals surface area contributed by atoms with E-state index in [-0.39, 0.29) is 11.5 Å². The number of carbonyl (C=O) groups is 2. The van der Waals surface area contributed by atoms with Gasteiger partial charge in [-0.25, -0.2) is 19.0 Å². The molecule has 0 saturated carbocycles. The van der Waals surface area contributed by atoms with Crippen LogP contribution in [0.5, 0.6) is 0 Å². The van der Waals surface area contributed by atoms with E-state index in [1.807, 2.05) is 0 Å². The standard InChI is InChI=1S/C21H19F2N3O3/c1-29-20(27)19-17(13-4-8-16(23)9-5-13)10-14(11-18(19)25-26-21(24)28)12-2-6-15(22)7-3-12/h2-9,11,17,19H,10H2,1H3,(H3,24,26,28)/b25-18+. The molecule has 8 heteroatoms. The SMILES string of the molecule is COC(=O)C1/C(=N/NC(N)=O)C=C(c2ccc(F)cc2)CC1c1ccc(F)cc1. The third kappa shape index (κ3) is 4.66. The maximum absolute atomic E-state index is 13.4. The summed E-state index contributed by atoms with van der Waals surface area (Å²) in [5.74, 6) is -2.63. The maximum Gasteiger partial charge on any atom is 0.332 e. The molecule has 2 atom stereocenters. The number of halogens is 2. The monoisotopic (exact) mass is 399 g/mol. The fourth-order valence-corrected chi connectivity index (χ4v) is 3.41. The first-order chi connectivity index (χ1) is 13.9. The number of hydrogen-bond donors (Lipinski definition) is 2. The molecule has 0 aliphatic heterocycles. The van der Waals surface area contributed by atoms with Crippen molar-refractivity contribution in [1.82, 2.24) is 5.43 Å². The molecule has 0 heterocycles. The highest BCUT2D eigenvalue weighted by atomic mass is 19.1. The predicted molar refractivity (Wildman–Crippen MR) is 104 cm³/mol. The lowest BCUT2D eigenvalue weighted by Crippen LogP contribution is -2.36. The van der Waals surface area contributed by atoms with Crippen molar-refractivity contribution in [3.05, 3.63) is 77.4 Å². The highest BCUT2D eigenvalue weighted by Gasteiger charge is 2.38. The lowest BCUT2D eigenvalue weighted by atomic mass is 9.73. The molecular weight excluding hydrogens is 380 g/mol. The van der Waals surface area contributed by atoms with Crippen LogP contribution in [-0.4, -0.2) is 24.8 Å². The molecule has 150 valence electrons. The van der Waals surface area contributed by atoms with Crippen LogP contribution in [0.25, 0.3) is 5.57 Å². The average Bonchev–Trinajstić information content (AvgIpc) is 2.72. The second-order valence-electron chi connectivity index (χ2n) is 6.55. The first kappa shape index (κ1) is 20.2. The largest absolute Gasteiger partial charge is 0.468 e. The zero-order valence-electron chi connectivity index (χ0n) is 15.6. The molecule has 1 aliphatic carbocycles. The molecule has 1 aliphatic rings. The molecule has 0 saturated heterocycles. The van der Waals surface area contributed by atoms with Gasteiger partial charge in [0.15, 0.2) is 0 Å². The van der Waals surface area contributed by atoms with Gasteiger partial charge in [0, 0.05) is 5.92 Å². The highest BCUT2D eigenvalue weighted by molar-refractivity contribution is 6.13. The Hall–Kier alpha value is -3.55. The molecule has 2 aromatic carbocycles. The summed E-state index contributed by atoms with van der Waals surface area (Å²) in [5, 5.41) is 3.99. The molecular formula is C21H19F2N3O3. The van der Waals surface area contributed by atoms with Crippen LogP contribution in [0.4, 0.5) is 13.6 Å². The summed E-state index contributed by atoms with van der Waals surface area (Å²) in [7, 11) is 1.25. The van der Waals surface area contributed by atoms with Crippen molar-refractivity contribution in [2.45, 2.75) is 12.3 Å². The molecule has 3 N–H and O–H groups in total. The van der Waals surface area contributed by atoms with Crippen LogP contribution in [0.15, 0.2) is 59.7 Å². The van der Waals surface area contributed by atoms with Gasteiger partial charge in [0.25, 0.3) is 0 Å². The smallest absolute Gasteiger partial charge is 0.332 e. The Bertz CT molecular complexity index is 970. The Morgan fingerprint density at radius 1 is 1.07 bits per heavy atom. The first-order valence-electron chi connectivity index (χ1n) is 8.82. The van der Waals surface area contributed by atoms with Crippen LogP contribution < -0.4 is 11.2 Å². The number of nitrogens with two attached hydrogens (primary N) is 1. The van der Waals surface area contributed by atoms with E-state index in [1.54, 1.807) is 30.3 Å². The minimum absolute atomic E-state index is 0.232. The first-order valence-corrected chi connectivity index (χ1v) is 8.82. The number of nitrogens with zero attached hydrogens (tertiary/aromatic N) is 1. The van der Waals surface area contributed by atoms with Gasteiger partial charge in [-0.3, -0.25) is 4.79 Å². The van der Waals surface area contributed by atoms with Gasteiger partial charge in [0.1, 0.15) is 17.6 Å². The Labute approximate surface area is 166 Å². The number of allylic oxidation sites excluding steroid dienone is 2. The number of nitrogens with one attached hydrogen (secondary N) is 1. The van der Waals surface area contributed by atoms with E-state index in [0.29, 0.717) is 12.0 Å². The molecule has 29 heavy (non-hydrogen) atoms. The van der Waals surface area contributed by atoms with Gasteiger partial charge in [-0.15, -0.1) is 0 Å². The summed E-state index contributed by atoms with van der Waals surface area (Å²) < 4.78 is 31.7. The zero-order valence-corrected chi connectivity index (χ0v) is 15.6. The molecule has 6 nitrogen and oxygen atoms in total. The van der Waals surface area contributed by atoms with Gasteiger partial charge >= 0.3 is 12.0 Å². The fourth-order valence-electron chi connectivity index (χ4n) is 3.41. The van der Waals surface area contributed by atoms with Crippen molar-refractivity contribution in [2.75, 3.05) is 7.11 Å². The predicted octanol–water partition coefficient (Wildman–Crippen LogP) is 3.35. The Balaban J connectivity index is 2.12. The topological polar surface area (TPSA) is 93.8 Å². The van der Waals surface area contributed by atoms with Crippen LogP contribution in [0.1, 0.15) is 23.5 Å². The molecule has 2 aromatic rings. The molecule has 0 radical (unpaired) electrons. The number of urea groups is 1. The normalized spacial score (nSPS) is 20.1. The van der Waals surface area contributed by atoms with Crippen LogP contribution in [0.3, 0.4) is 0 Å². The zero-order chi connectivity index (χ0) is 21.0. The lowest BCUT2D eigenvalue weighted by molar-refractivity contribution is -0.143. The second-order valence-corrected chi connectivity index (χ2v) is 6.55. The summed E-state index contributed by atoms with van der Waals surface area (Å²) in [6, 6.07) is 10.8. The Morgan fingerprint density at radius 2 is 1.66 bits per heavy atom. The number of rotatable bonds is 4. The maximum atomic E-state index is 13.4. The van der Waals surface area contributed by atoms with Crippen molar-refractivity contribution in [3.63, 3.8) is 0 Å². The van der Waals surface area contributed by atoms with E-state index in [4.69, 9.17) is 10.5 Å². The number of esters is 1. The number of primary amides is 1. The summed E-state index contributed by atoms with van der Waals surface area (Å²) in [6.45, 7) is 0. The van der Waals surface area contributed by atoms with E-state index in [1.165, 1.54) is 31.4 Å². The van der Waals surface area contributed by atoms with Crippen molar-refractivity contribution >= 4 is 23.3 Å². The summed E-state index contributed by atoms with van der Waals surface area (Å²) in [4.78, 5) is 23.7. The van der Waals surface area contributed by atoms with Crippen LogP contribution >= 0.6 is 0 Å². The number of amides is 2. The number of carbonyl (C=O) groups excluding carboxylic acids is 2. The van der Waals surface area contributed by atoms with Gasteiger partial charge in [-0.05, 0) is 53.5 Å². The number of hydrazone groups is 1. The van der Waals surface area contributed by atoms with E-state index in [2.05, 4.69) is 10.5 Å². The van der Waals surface area contributed by atoms with Crippen LogP contribution in [0, 0.1) is 17.6 Å². The van der Waals surface area contributed by atoms with E-state index < -0.39 is 29.7 Å². The van der Waals surface area contributed by atoms with Gasteiger partial charge in [-0.1, -0.05) is 24.3 Å². The molecule has 0 spiro atoms. The number of benzene rings is 2. The molecule has 0 aromatic heterocycles. The van der Waals surface area contributed by atoms with Gasteiger partial charge in [-0.2, -0.15) is 5.10 Å². The quantitative estimate of drug-likeness (QED) is 0.610. The third-order valence-corrected chi connectivity index (χ3v) is 4.75. The summed E-state index contributed by atoms with van der Waals surface area (Å²) >= 11 is 0. The highest BCUT2D eigenvalue weighted by Crippen LogP contribution is 2.40. The Morgan fingerprint density at radius 3 is 2.21 bits per heavy atom. The Kier molecular flexibility index (Phi) is 6.01. The van der Waals surface area contributed by atoms with Crippen molar-refractivity contribution < 1.29 is 23.1 Å². The lowest BCUT2D eigenvalue weighted by Gasteiger charge is -2.31. The van der Waals surface area contributed by atoms with Crippen molar-refractivity contribution in [3.8, 4) is 0 Å². The molecule has 0 fully saturated rings.